The van der Waals surface area contributed by atoms with Gasteiger partial charge in [0.15, 0.2) is 0 Å². The van der Waals surface area contributed by atoms with E-state index >= 15 is 0 Å². The number of allylic oxidation sites excluding steroid dienone is 1. The number of nitrogens with zero attached hydrogens (tertiary/aromatic N) is 1. The molecule has 0 aliphatic rings. The maximum Gasteiger partial charge on any atom is 0.348 e. The van der Waals surface area contributed by atoms with E-state index in [0.29, 0.717) is 6.61 Å². The molecule has 0 aromatic carbocycles. The molecule has 0 radical (unpaired) electrons. The minimum Gasteiger partial charge on any atom is -0.462 e. The van der Waals surface area contributed by atoms with Gasteiger partial charge in [0.25, 0.3) is 0 Å². The first kappa shape index (κ1) is 18.7. The molecule has 0 heterocycles. The SMILES string of the molecule is CCCCC/C=C(/C#N)C(=O)OCCCCCCCC. The number of hydrogen-bond donors (Lipinski definition) is 0. The van der Waals surface area contributed by atoms with E-state index in [2.05, 4.69) is 13.8 Å². The summed E-state index contributed by atoms with van der Waals surface area (Å²) in [4.78, 5) is 11.7. The number of nitriles is 1. The van der Waals surface area contributed by atoms with Gasteiger partial charge in [0, 0.05) is 0 Å². The first-order chi connectivity index (χ1) is 9.76. The van der Waals surface area contributed by atoms with Crippen molar-refractivity contribution in [3.05, 3.63) is 11.6 Å². The lowest BCUT2D eigenvalue weighted by Crippen LogP contribution is -2.08. The van der Waals surface area contributed by atoms with E-state index in [1.54, 1.807) is 6.08 Å². The van der Waals surface area contributed by atoms with Crippen LogP contribution in [0.15, 0.2) is 11.6 Å². The van der Waals surface area contributed by atoms with E-state index in [0.717, 1.165) is 38.5 Å². The molecule has 0 aliphatic heterocycles. The average molecular weight is 279 g/mol. The predicted octanol–water partition coefficient (Wildman–Crippen LogP) is 4.92. The third-order valence-electron chi connectivity index (χ3n) is 3.23. The van der Waals surface area contributed by atoms with Gasteiger partial charge in [-0.05, 0) is 19.3 Å². The summed E-state index contributed by atoms with van der Waals surface area (Å²) in [5.74, 6) is -0.461. The van der Waals surface area contributed by atoms with Crippen molar-refractivity contribution < 1.29 is 9.53 Å². The third kappa shape index (κ3) is 10.6. The lowest BCUT2D eigenvalue weighted by atomic mass is 10.1. The number of hydrogen-bond acceptors (Lipinski definition) is 3. The molecule has 3 heteroatoms. The number of esters is 1. The minimum atomic E-state index is -0.461. The van der Waals surface area contributed by atoms with Gasteiger partial charge in [0.05, 0.1) is 6.61 Å². The summed E-state index contributed by atoms with van der Waals surface area (Å²) in [6, 6.07) is 1.93. The van der Waals surface area contributed by atoms with Gasteiger partial charge >= 0.3 is 5.97 Å². The van der Waals surface area contributed by atoms with Crippen LogP contribution >= 0.6 is 0 Å². The molecule has 0 rings (SSSR count). The maximum absolute atomic E-state index is 11.7. The summed E-state index contributed by atoms with van der Waals surface area (Å²) >= 11 is 0. The normalized spacial score (nSPS) is 11.2. The Bertz CT molecular complexity index is 315. The van der Waals surface area contributed by atoms with Crippen molar-refractivity contribution in [1.29, 1.82) is 5.26 Å². The van der Waals surface area contributed by atoms with Crippen LogP contribution in [-0.4, -0.2) is 12.6 Å². The van der Waals surface area contributed by atoms with Gasteiger partial charge in [0.1, 0.15) is 11.6 Å². The van der Waals surface area contributed by atoms with Gasteiger partial charge in [0.2, 0.25) is 0 Å². The molecule has 0 atom stereocenters. The second-order valence-electron chi connectivity index (χ2n) is 5.13. The van der Waals surface area contributed by atoms with Crippen LogP contribution in [0, 0.1) is 11.3 Å². The Balaban J connectivity index is 3.74. The van der Waals surface area contributed by atoms with Crippen molar-refractivity contribution in [3.63, 3.8) is 0 Å². The molecule has 114 valence electrons. The van der Waals surface area contributed by atoms with Crippen molar-refractivity contribution in [2.75, 3.05) is 6.61 Å². The van der Waals surface area contributed by atoms with Crippen LogP contribution in [0.5, 0.6) is 0 Å². The fraction of sp³-hybridized carbons (Fsp3) is 0.765. The summed E-state index contributed by atoms with van der Waals surface area (Å²) in [6.07, 6.45) is 12.7. The monoisotopic (exact) mass is 279 g/mol. The lowest BCUT2D eigenvalue weighted by Gasteiger charge is -2.04. The molecule has 0 aliphatic carbocycles. The molecule has 0 spiro atoms. The molecule has 0 saturated heterocycles. The van der Waals surface area contributed by atoms with Crippen molar-refractivity contribution >= 4 is 5.97 Å². The number of carbonyl (C=O) groups excluding carboxylic acids is 1. The highest BCUT2D eigenvalue weighted by Crippen LogP contribution is 2.07. The van der Waals surface area contributed by atoms with Crippen LogP contribution in [0.1, 0.15) is 78.1 Å². The van der Waals surface area contributed by atoms with E-state index in [4.69, 9.17) is 10.00 Å². The summed E-state index contributed by atoms with van der Waals surface area (Å²) in [5.41, 5.74) is 0.159. The molecule has 20 heavy (non-hydrogen) atoms. The van der Waals surface area contributed by atoms with Crippen LogP contribution in [0.4, 0.5) is 0 Å². The smallest absolute Gasteiger partial charge is 0.348 e. The number of carbonyl (C=O) groups is 1. The quantitative estimate of drug-likeness (QED) is 0.220. The van der Waals surface area contributed by atoms with Gasteiger partial charge in [-0.1, -0.05) is 64.9 Å². The summed E-state index contributed by atoms with van der Waals surface area (Å²) < 4.78 is 5.13. The summed E-state index contributed by atoms with van der Waals surface area (Å²) in [7, 11) is 0. The lowest BCUT2D eigenvalue weighted by molar-refractivity contribution is -0.138. The molecule has 0 aromatic rings. The van der Waals surface area contributed by atoms with Crippen LogP contribution < -0.4 is 0 Å². The number of rotatable bonds is 12. The molecule has 3 nitrogen and oxygen atoms in total. The molecule has 0 aromatic heterocycles. The Morgan fingerprint density at radius 2 is 1.60 bits per heavy atom. The van der Waals surface area contributed by atoms with Crippen LogP contribution in [0.2, 0.25) is 0 Å². The van der Waals surface area contributed by atoms with E-state index in [9.17, 15) is 4.79 Å². The Morgan fingerprint density at radius 1 is 1.00 bits per heavy atom. The Kier molecular flexibility index (Phi) is 13.2. The molecular weight excluding hydrogens is 250 g/mol. The van der Waals surface area contributed by atoms with Crippen molar-refractivity contribution in [2.45, 2.75) is 78.1 Å². The summed E-state index contributed by atoms with van der Waals surface area (Å²) in [6.45, 7) is 4.75. The standard InChI is InChI=1S/C17H29NO2/c1-3-5-7-9-10-12-14-20-17(19)16(15-18)13-11-8-6-4-2/h13H,3-12,14H2,1-2H3/b16-13-. The zero-order valence-corrected chi connectivity index (χ0v) is 13.1. The van der Waals surface area contributed by atoms with E-state index in [1.807, 2.05) is 6.07 Å². The molecule has 0 fully saturated rings. The van der Waals surface area contributed by atoms with Gasteiger partial charge in [-0.2, -0.15) is 5.26 Å². The van der Waals surface area contributed by atoms with Gasteiger partial charge in [-0.3, -0.25) is 0 Å². The Labute approximate surface area is 124 Å². The Hall–Kier alpha value is -1.30. The van der Waals surface area contributed by atoms with Gasteiger partial charge in [-0.15, -0.1) is 0 Å². The zero-order valence-electron chi connectivity index (χ0n) is 13.1. The highest BCUT2D eigenvalue weighted by atomic mass is 16.5. The molecule has 0 saturated carbocycles. The molecule has 0 N–H and O–H groups in total. The van der Waals surface area contributed by atoms with Crippen LogP contribution in [0.3, 0.4) is 0 Å². The fourth-order valence-electron chi connectivity index (χ4n) is 1.94. The van der Waals surface area contributed by atoms with Crippen molar-refractivity contribution in [3.8, 4) is 6.07 Å². The highest BCUT2D eigenvalue weighted by Gasteiger charge is 2.09. The van der Waals surface area contributed by atoms with E-state index in [1.165, 1.54) is 25.7 Å². The second-order valence-corrected chi connectivity index (χ2v) is 5.13. The first-order valence-electron chi connectivity index (χ1n) is 8.03. The average Bonchev–Trinajstić information content (AvgIpc) is 2.46. The third-order valence-corrected chi connectivity index (χ3v) is 3.23. The second kappa shape index (κ2) is 14.1. The topological polar surface area (TPSA) is 50.1 Å². The molecular formula is C17H29NO2. The van der Waals surface area contributed by atoms with Crippen LogP contribution in [0.25, 0.3) is 0 Å². The van der Waals surface area contributed by atoms with E-state index in [-0.39, 0.29) is 5.57 Å². The molecule has 0 amide bonds. The largest absolute Gasteiger partial charge is 0.462 e. The highest BCUT2D eigenvalue weighted by molar-refractivity contribution is 5.92. The number of unbranched alkanes of at least 4 members (excludes halogenated alkanes) is 8. The van der Waals surface area contributed by atoms with Crippen LogP contribution in [-0.2, 0) is 9.53 Å². The summed E-state index contributed by atoms with van der Waals surface area (Å²) in [5, 5.41) is 8.93. The Morgan fingerprint density at radius 3 is 2.25 bits per heavy atom. The van der Waals surface area contributed by atoms with E-state index < -0.39 is 5.97 Å². The molecule has 0 bridgehead atoms. The fourth-order valence-corrected chi connectivity index (χ4v) is 1.94. The predicted molar refractivity (Wildman–Crippen MR) is 82.2 cm³/mol. The van der Waals surface area contributed by atoms with Gasteiger partial charge in [-0.25, -0.2) is 4.79 Å². The maximum atomic E-state index is 11.7. The first-order valence-corrected chi connectivity index (χ1v) is 8.03. The van der Waals surface area contributed by atoms with Crippen molar-refractivity contribution in [2.24, 2.45) is 0 Å². The molecule has 0 unspecified atom stereocenters. The van der Waals surface area contributed by atoms with Gasteiger partial charge < -0.3 is 4.74 Å². The minimum absolute atomic E-state index is 0.159. The van der Waals surface area contributed by atoms with Crippen molar-refractivity contribution in [1.82, 2.24) is 0 Å². The zero-order chi connectivity index (χ0) is 15.1. The number of ether oxygens (including phenoxy) is 1.